The number of rotatable bonds is 5. The number of carbonyl (C=O) groups excluding carboxylic acids is 1. The van der Waals surface area contributed by atoms with E-state index in [1.807, 2.05) is 0 Å². The van der Waals surface area contributed by atoms with Gasteiger partial charge in [-0.05, 0) is 48.5 Å². The number of hydrogen-bond donors (Lipinski definition) is 3. The molecule has 0 aromatic heterocycles. The summed E-state index contributed by atoms with van der Waals surface area (Å²) < 4.78 is 0. The van der Waals surface area contributed by atoms with Crippen LogP contribution in [0.15, 0.2) is 24.3 Å². The standard InChI is InChI=1S/C20H30O4/c1-11-5-6-14-17(11)18-13(9-16(23)20(14,18)4)12(2)15(22)7-8-19(3,24)10-21/h7-8,11,13-15,17-18,21-22,24H,2,5-6,9-10H2,1,3-4H3/b8-7+/t11-,13+,14+,15?,17-,18+,19+,20+/m1/s1. The Morgan fingerprint density at radius 1 is 1.50 bits per heavy atom. The fourth-order valence-corrected chi connectivity index (χ4v) is 5.74. The molecule has 3 aliphatic carbocycles. The van der Waals surface area contributed by atoms with E-state index < -0.39 is 18.3 Å². The SMILES string of the molecule is C=C(C(O)/C=C/[C@](C)(O)CO)[C@@H]1CC(=O)[C@@]2(C)[C@@H]1[C@@H]1[C@H](C)CC[C@@H]12. The predicted octanol–water partition coefficient (Wildman–Crippen LogP) is 2.09. The molecule has 0 amide bonds. The summed E-state index contributed by atoms with van der Waals surface area (Å²) in [5, 5.41) is 29.4. The number of carbonyl (C=O) groups is 1. The van der Waals surface area contributed by atoms with Crippen LogP contribution >= 0.6 is 0 Å². The van der Waals surface area contributed by atoms with Crippen molar-refractivity contribution in [3.05, 3.63) is 24.3 Å². The van der Waals surface area contributed by atoms with Crippen molar-refractivity contribution in [2.45, 2.75) is 51.7 Å². The van der Waals surface area contributed by atoms with E-state index in [-0.39, 0.29) is 11.3 Å². The molecular weight excluding hydrogens is 304 g/mol. The summed E-state index contributed by atoms with van der Waals surface area (Å²) in [6.07, 6.45) is 4.79. The van der Waals surface area contributed by atoms with Crippen LogP contribution < -0.4 is 0 Å². The van der Waals surface area contributed by atoms with Crippen LogP contribution in [0.1, 0.15) is 40.0 Å². The maximum atomic E-state index is 12.7. The summed E-state index contributed by atoms with van der Waals surface area (Å²) in [6, 6.07) is 0. The Kier molecular flexibility index (Phi) is 4.30. The fourth-order valence-electron chi connectivity index (χ4n) is 5.74. The molecule has 1 unspecified atom stereocenters. The second-order valence-corrected chi connectivity index (χ2v) is 8.67. The van der Waals surface area contributed by atoms with E-state index in [9.17, 15) is 15.0 Å². The van der Waals surface area contributed by atoms with Gasteiger partial charge in [0.2, 0.25) is 0 Å². The molecule has 0 spiro atoms. The quantitative estimate of drug-likeness (QED) is 0.673. The lowest BCUT2D eigenvalue weighted by Gasteiger charge is -2.56. The average molecular weight is 334 g/mol. The van der Waals surface area contributed by atoms with Crippen LogP contribution in [0.3, 0.4) is 0 Å². The summed E-state index contributed by atoms with van der Waals surface area (Å²) in [5.74, 6) is 2.35. The molecule has 0 heterocycles. The second-order valence-electron chi connectivity index (χ2n) is 8.67. The first kappa shape index (κ1) is 17.8. The maximum absolute atomic E-state index is 12.7. The van der Waals surface area contributed by atoms with Gasteiger partial charge in [-0.2, -0.15) is 0 Å². The van der Waals surface area contributed by atoms with E-state index >= 15 is 0 Å². The Balaban J connectivity index is 1.78. The Morgan fingerprint density at radius 3 is 2.79 bits per heavy atom. The van der Waals surface area contributed by atoms with Crippen molar-refractivity contribution >= 4 is 5.78 Å². The van der Waals surface area contributed by atoms with Gasteiger partial charge in [-0.3, -0.25) is 4.79 Å². The smallest absolute Gasteiger partial charge is 0.139 e. The van der Waals surface area contributed by atoms with E-state index in [0.29, 0.717) is 41.4 Å². The molecule has 134 valence electrons. The molecule has 3 saturated carbocycles. The van der Waals surface area contributed by atoms with Crippen LogP contribution in [0.4, 0.5) is 0 Å². The lowest BCUT2D eigenvalue weighted by atomic mass is 9.46. The highest BCUT2D eigenvalue weighted by Crippen LogP contribution is 2.72. The van der Waals surface area contributed by atoms with E-state index in [1.54, 1.807) is 0 Å². The zero-order chi connectivity index (χ0) is 17.9. The molecule has 0 radical (unpaired) electrons. The molecule has 4 nitrogen and oxygen atoms in total. The first-order chi connectivity index (χ1) is 11.1. The monoisotopic (exact) mass is 334 g/mol. The first-order valence-electron chi connectivity index (χ1n) is 9.06. The first-order valence-corrected chi connectivity index (χ1v) is 9.06. The van der Waals surface area contributed by atoms with Gasteiger partial charge in [-0.1, -0.05) is 39.0 Å². The molecule has 3 aliphatic rings. The molecule has 3 N–H and O–H groups in total. The predicted molar refractivity (Wildman–Crippen MR) is 92.1 cm³/mol. The largest absolute Gasteiger partial charge is 0.393 e. The average Bonchev–Trinajstić information content (AvgIpc) is 2.97. The lowest BCUT2D eigenvalue weighted by molar-refractivity contribution is -0.149. The minimum atomic E-state index is -1.36. The molecule has 0 aromatic rings. The number of fused-ring (bicyclic) bond motifs is 4. The summed E-state index contributed by atoms with van der Waals surface area (Å²) >= 11 is 0. The molecule has 3 fully saturated rings. The van der Waals surface area contributed by atoms with E-state index in [1.165, 1.54) is 25.5 Å². The van der Waals surface area contributed by atoms with Crippen LogP contribution in [-0.4, -0.2) is 39.4 Å². The third-order valence-corrected chi connectivity index (χ3v) is 7.19. The van der Waals surface area contributed by atoms with Crippen molar-refractivity contribution in [1.82, 2.24) is 0 Å². The highest BCUT2D eigenvalue weighted by Gasteiger charge is 2.71. The van der Waals surface area contributed by atoms with Gasteiger partial charge in [0.25, 0.3) is 0 Å². The van der Waals surface area contributed by atoms with Crippen LogP contribution in [0, 0.1) is 35.0 Å². The number of Topliss-reactive ketones (excluding diaryl/α,β-unsaturated/α-hetero) is 1. The summed E-state index contributed by atoms with van der Waals surface area (Å²) in [6.45, 7) is 9.55. The Morgan fingerprint density at radius 2 is 2.17 bits per heavy atom. The second kappa shape index (κ2) is 5.79. The Bertz CT molecular complexity index is 578. The lowest BCUT2D eigenvalue weighted by Crippen LogP contribution is -2.56. The molecule has 24 heavy (non-hydrogen) atoms. The molecule has 0 aliphatic heterocycles. The summed E-state index contributed by atoms with van der Waals surface area (Å²) in [5.41, 5.74) is -0.925. The molecular formula is C20H30O4. The molecule has 8 atom stereocenters. The summed E-state index contributed by atoms with van der Waals surface area (Å²) in [4.78, 5) is 12.7. The molecule has 3 rings (SSSR count). The van der Waals surface area contributed by atoms with Gasteiger partial charge in [0.05, 0.1) is 12.7 Å². The highest BCUT2D eigenvalue weighted by atomic mass is 16.3. The Hall–Kier alpha value is -0.970. The number of hydrogen-bond acceptors (Lipinski definition) is 4. The van der Waals surface area contributed by atoms with E-state index in [2.05, 4.69) is 20.4 Å². The van der Waals surface area contributed by atoms with Gasteiger partial charge < -0.3 is 15.3 Å². The molecule has 0 bridgehead atoms. The topological polar surface area (TPSA) is 77.8 Å². The normalized spacial score (nSPS) is 44.8. The van der Waals surface area contributed by atoms with Gasteiger partial charge >= 0.3 is 0 Å². The number of ketones is 1. The van der Waals surface area contributed by atoms with Gasteiger partial charge in [0, 0.05) is 11.8 Å². The molecule has 0 aromatic carbocycles. The van der Waals surface area contributed by atoms with Gasteiger partial charge in [0.1, 0.15) is 11.4 Å². The van der Waals surface area contributed by atoms with Crippen molar-refractivity contribution in [1.29, 1.82) is 0 Å². The zero-order valence-electron chi connectivity index (χ0n) is 14.9. The highest BCUT2D eigenvalue weighted by molar-refractivity contribution is 5.90. The molecule has 4 heteroatoms. The summed E-state index contributed by atoms with van der Waals surface area (Å²) in [7, 11) is 0. The van der Waals surface area contributed by atoms with Crippen molar-refractivity contribution in [2.75, 3.05) is 6.61 Å². The van der Waals surface area contributed by atoms with E-state index in [4.69, 9.17) is 5.11 Å². The fraction of sp³-hybridized carbons (Fsp3) is 0.750. The van der Waals surface area contributed by atoms with Crippen LogP contribution in [0.5, 0.6) is 0 Å². The van der Waals surface area contributed by atoms with Crippen LogP contribution in [-0.2, 0) is 4.79 Å². The third kappa shape index (κ3) is 2.42. The minimum Gasteiger partial charge on any atom is -0.393 e. The maximum Gasteiger partial charge on any atom is 0.139 e. The number of aliphatic hydroxyl groups excluding tert-OH is 2. The Labute approximate surface area is 144 Å². The van der Waals surface area contributed by atoms with Gasteiger partial charge in [-0.15, -0.1) is 0 Å². The van der Waals surface area contributed by atoms with E-state index in [0.717, 1.165) is 6.42 Å². The van der Waals surface area contributed by atoms with Crippen LogP contribution in [0.2, 0.25) is 0 Å². The number of aliphatic hydroxyl groups is 3. The van der Waals surface area contributed by atoms with Gasteiger partial charge in [-0.25, -0.2) is 0 Å². The van der Waals surface area contributed by atoms with Crippen molar-refractivity contribution < 1.29 is 20.1 Å². The zero-order valence-corrected chi connectivity index (χ0v) is 14.9. The van der Waals surface area contributed by atoms with Crippen molar-refractivity contribution in [3.63, 3.8) is 0 Å². The third-order valence-electron chi connectivity index (χ3n) is 7.19. The van der Waals surface area contributed by atoms with Crippen LogP contribution in [0.25, 0.3) is 0 Å². The molecule has 0 saturated heterocycles. The van der Waals surface area contributed by atoms with Gasteiger partial charge in [0.15, 0.2) is 0 Å². The van der Waals surface area contributed by atoms with Crippen molar-refractivity contribution in [2.24, 2.45) is 35.0 Å². The van der Waals surface area contributed by atoms with Crippen molar-refractivity contribution in [3.8, 4) is 0 Å². The minimum absolute atomic E-state index is 0.0167.